The normalized spacial score (nSPS) is 16.1. The van der Waals surface area contributed by atoms with Crippen LogP contribution in [0.2, 0.25) is 0 Å². The first-order valence-corrected chi connectivity index (χ1v) is 11.2. The van der Waals surface area contributed by atoms with Crippen LogP contribution in [0.4, 0.5) is 4.39 Å². The van der Waals surface area contributed by atoms with Crippen molar-refractivity contribution in [3.05, 3.63) is 65.5 Å². The van der Waals surface area contributed by atoms with Gasteiger partial charge >= 0.3 is 0 Å². The Labute approximate surface area is 171 Å². The van der Waals surface area contributed by atoms with Crippen molar-refractivity contribution < 1.29 is 17.6 Å². The number of rotatable bonds is 6. The van der Waals surface area contributed by atoms with E-state index < -0.39 is 21.0 Å². The molecule has 1 amide bonds. The highest BCUT2D eigenvalue weighted by molar-refractivity contribution is 7.89. The fourth-order valence-corrected chi connectivity index (χ4v) is 5.32. The lowest BCUT2D eigenvalue weighted by molar-refractivity contribution is -0.130. The summed E-state index contributed by atoms with van der Waals surface area (Å²) in [6.07, 6.45) is 2.30. The molecular formula is C22H27FN2O3S. The number of nitrogens with one attached hydrogen (secondary N) is 2. The van der Waals surface area contributed by atoms with E-state index in [9.17, 15) is 17.6 Å². The number of benzene rings is 2. The molecule has 0 atom stereocenters. The third-order valence-electron chi connectivity index (χ3n) is 5.18. The van der Waals surface area contributed by atoms with Crippen LogP contribution in [0.25, 0.3) is 0 Å². The summed E-state index contributed by atoms with van der Waals surface area (Å²) in [7, 11) is -3.72. The number of carbonyl (C=O) groups excluding carboxylic acids is 1. The Hall–Kier alpha value is -2.25. The monoisotopic (exact) mass is 418 g/mol. The topological polar surface area (TPSA) is 75.3 Å². The molecule has 0 aromatic heterocycles. The molecule has 29 heavy (non-hydrogen) atoms. The van der Waals surface area contributed by atoms with E-state index in [0.717, 1.165) is 12.0 Å². The summed E-state index contributed by atoms with van der Waals surface area (Å²) in [5, 5.41) is 2.91. The molecule has 2 aromatic rings. The van der Waals surface area contributed by atoms with Gasteiger partial charge in [0.1, 0.15) is 5.82 Å². The van der Waals surface area contributed by atoms with E-state index >= 15 is 0 Å². The third-order valence-corrected chi connectivity index (χ3v) is 7.04. The number of sulfonamides is 1. The van der Waals surface area contributed by atoms with Crippen LogP contribution in [-0.4, -0.2) is 19.9 Å². The van der Waals surface area contributed by atoms with E-state index in [-0.39, 0.29) is 23.2 Å². The van der Waals surface area contributed by atoms with Gasteiger partial charge in [0.2, 0.25) is 15.9 Å². The van der Waals surface area contributed by atoms with Crippen molar-refractivity contribution in [2.75, 3.05) is 0 Å². The molecular weight excluding hydrogens is 391 g/mol. The number of halogens is 1. The molecule has 1 aliphatic rings. The van der Waals surface area contributed by atoms with Crippen LogP contribution in [0.1, 0.15) is 51.2 Å². The van der Waals surface area contributed by atoms with Gasteiger partial charge in [-0.15, -0.1) is 0 Å². The molecule has 0 aliphatic heterocycles. The van der Waals surface area contributed by atoms with Gasteiger partial charge in [-0.2, -0.15) is 0 Å². The van der Waals surface area contributed by atoms with Gasteiger partial charge in [0.25, 0.3) is 0 Å². The predicted octanol–water partition coefficient (Wildman–Crippen LogP) is 3.64. The fourth-order valence-electron chi connectivity index (χ4n) is 3.66. The summed E-state index contributed by atoms with van der Waals surface area (Å²) < 4.78 is 41.5. The highest BCUT2D eigenvalue weighted by atomic mass is 32.2. The highest BCUT2D eigenvalue weighted by Gasteiger charge is 2.45. The van der Waals surface area contributed by atoms with Crippen molar-refractivity contribution in [3.63, 3.8) is 0 Å². The molecule has 3 rings (SSSR count). The van der Waals surface area contributed by atoms with Crippen molar-refractivity contribution in [3.8, 4) is 0 Å². The average molecular weight is 419 g/mol. The molecule has 0 saturated heterocycles. The first-order chi connectivity index (χ1) is 13.5. The molecule has 2 aromatic carbocycles. The van der Waals surface area contributed by atoms with Crippen LogP contribution < -0.4 is 10.0 Å². The van der Waals surface area contributed by atoms with E-state index in [2.05, 4.69) is 10.0 Å². The van der Waals surface area contributed by atoms with E-state index in [1.807, 2.05) is 0 Å². The maximum absolute atomic E-state index is 13.3. The minimum absolute atomic E-state index is 0.100. The molecule has 0 bridgehead atoms. The summed E-state index contributed by atoms with van der Waals surface area (Å²) in [6, 6.07) is 12.7. The van der Waals surface area contributed by atoms with E-state index in [4.69, 9.17) is 0 Å². The quantitative estimate of drug-likeness (QED) is 0.752. The largest absolute Gasteiger partial charge is 0.351 e. The van der Waals surface area contributed by atoms with Gasteiger partial charge in [0, 0.05) is 12.1 Å². The molecule has 5 nitrogen and oxygen atoms in total. The lowest BCUT2D eigenvalue weighted by atomic mass is 9.64. The van der Waals surface area contributed by atoms with Gasteiger partial charge in [-0.3, -0.25) is 4.79 Å². The zero-order valence-electron chi connectivity index (χ0n) is 17.0. The van der Waals surface area contributed by atoms with Crippen LogP contribution >= 0.6 is 0 Å². The minimum atomic E-state index is -3.72. The molecule has 1 saturated carbocycles. The smallest absolute Gasteiger partial charge is 0.241 e. The van der Waals surface area contributed by atoms with Gasteiger partial charge in [-0.25, -0.2) is 17.5 Å². The number of hydrogen-bond donors (Lipinski definition) is 2. The molecule has 156 valence electrons. The van der Waals surface area contributed by atoms with Crippen LogP contribution in [0, 0.1) is 5.82 Å². The van der Waals surface area contributed by atoms with Gasteiger partial charge in [0.15, 0.2) is 0 Å². The lowest BCUT2D eigenvalue weighted by Crippen LogP contribution is -2.49. The van der Waals surface area contributed by atoms with Crippen LogP contribution in [0.15, 0.2) is 53.4 Å². The third kappa shape index (κ3) is 4.67. The Morgan fingerprint density at radius 3 is 2.24 bits per heavy atom. The van der Waals surface area contributed by atoms with Gasteiger partial charge in [-0.1, -0.05) is 36.8 Å². The van der Waals surface area contributed by atoms with E-state index in [1.54, 1.807) is 51.1 Å². The Kier molecular flexibility index (Phi) is 5.83. The summed E-state index contributed by atoms with van der Waals surface area (Å²) in [5.41, 5.74) is 0.0167. The molecule has 2 N–H and O–H groups in total. The second-order valence-electron chi connectivity index (χ2n) is 8.59. The molecule has 0 heterocycles. The number of amides is 1. The van der Waals surface area contributed by atoms with Crippen molar-refractivity contribution in [2.24, 2.45) is 0 Å². The number of hydrogen-bond acceptors (Lipinski definition) is 3. The van der Waals surface area contributed by atoms with Crippen molar-refractivity contribution in [1.29, 1.82) is 0 Å². The Balaban J connectivity index is 1.80. The second-order valence-corrected chi connectivity index (χ2v) is 10.2. The second kappa shape index (κ2) is 7.88. The first-order valence-electron chi connectivity index (χ1n) is 9.70. The summed E-state index contributed by atoms with van der Waals surface area (Å²) in [6.45, 7) is 5.43. The zero-order valence-corrected chi connectivity index (χ0v) is 17.8. The average Bonchev–Trinajstić information content (AvgIpc) is 2.59. The fraction of sp³-hybridized carbons (Fsp3) is 0.409. The summed E-state index contributed by atoms with van der Waals surface area (Å²) in [4.78, 5) is 13.2. The van der Waals surface area contributed by atoms with Crippen molar-refractivity contribution in [1.82, 2.24) is 10.0 Å². The minimum Gasteiger partial charge on any atom is -0.351 e. The predicted molar refractivity (Wildman–Crippen MR) is 110 cm³/mol. The maximum Gasteiger partial charge on any atom is 0.241 e. The van der Waals surface area contributed by atoms with Crippen molar-refractivity contribution in [2.45, 2.75) is 62.4 Å². The van der Waals surface area contributed by atoms with Crippen LogP contribution in [0.5, 0.6) is 0 Å². The van der Waals surface area contributed by atoms with Gasteiger partial charge < -0.3 is 5.32 Å². The lowest BCUT2D eigenvalue weighted by Gasteiger charge is -2.40. The van der Waals surface area contributed by atoms with Crippen LogP contribution in [-0.2, 0) is 26.8 Å². The van der Waals surface area contributed by atoms with Crippen molar-refractivity contribution >= 4 is 15.9 Å². The SMILES string of the molecule is CC(C)(C)NS(=O)(=O)c1ccccc1CNC(=O)C1(c2ccc(F)cc2)CCC1. The maximum atomic E-state index is 13.3. The summed E-state index contributed by atoms with van der Waals surface area (Å²) >= 11 is 0. The number of carbonyl (C=O) groups is 1. The molecule has 1 fully saturated rings. The molecule has 0 unspecified atom stereocenters. The Bertz CT molecular complexity index is 991. The van der Waals surface area contributed by atoms with Gasteiger partial charge in [0.05, 0.1) is 10.3 Å². The molecule has 0 spiro atoms. The highest BCUT2D eigenvalue weighted by Crippen LogP contribution is 2.44. The molecule has 0 radical (unpaired) electrons. The Morgan fingerprint density at radius 2 is 1.69 bits per heavy atom. The molecule has 1 aliphatic carbocycles. The van der Waals surface area contributed by atoms with E-state index in [1.165, 1.54) is 18.2 Å². The standard InChI is InChI=1S/C22H27FN2O3S/c1-21(2,3)25-29(27,28)19-8-5-4-7-16(19)15-24-20(26)22(13-6-14-22)17-9-11-18(23)12-10-17/h4-5,7-12,25H,6,13-15H2,1-3H3,(H,24,26). The van der Waals surface area contributed by atoms with E-state index in [0.29, 0.717) is 18.4 Å². The Morgan fingerprint density at radius 1 is 1.07 bits per heavy atom. The first kappa shape index (κ1) is 21.5. The van der Waals surface area contributed by atoms with Crippen LogP contribution in [0.3, 0.4) is 0 Å². The summed E-state index contributed by atoms with van der Waals surface area (Å²) in [5.74, 6) is -0.500. The molecule has 7 heteroatoms. The van der Waals surface area contributed by atoms with Gasteiger partial charge in [-0.05, 0) is 62.9 Å². The zero-order chi connectivity index (χ0) is 21.3.